The first-order chi connectivity index (χ1) is 13.2. The van der Waals surface area contributed by atoms with E-state index in [4.69, 9.17) is 0 Å². The second-order valence-corrected chi connectivity index (χ2v) is 8.68. The fourth-order valence-electron chi connectivity index (χ4n) is 4.36. The largest absolute Gasteiger partial charge is 0.369 e. The molecule has 0 amide bonds. The summed E-state index contributed by atoms with van der Waals surface area (Å²) in [4.78, 5) is 20.2. The number of likely N-dealkylation sites (tertiary alicyclic amines) is 1. The first-order valence-corrected chi connectivity index (χ1v) is 10.9. The first kappa shape index (κ1) is 18.7. The Balaban J connectivity index is 1.30. The molecule has 1 aromatic carbocycles. The van der Waals surface area contributed by atoms with Gasteiger partial charge in [-0.3, -0.25) is 14.6 Å². The van der Waals surface area contributed by atoms with Crippen LogP contribution < -0.4 is 4.90 Å². The van der Waals surface area contributed by atoms with Crippen LogP contribution in [0, 0.1) is 0 Å². The number of benzene rings is 1. The summed E-state index contributed by atoms with van der Waals surface area (Å²) in [5, 5.41) is 2.15. The summed E-state index contributed by atoms with van der Waals surface area (Å²) >= 11 is 1.58. The van der Waals surface area contributed by atoms with Gasteiger partial charge in [0.2, 0.25) is 0 Å². The Morgan fingerprint density at radius 3 is 2.59 bits per heavy atom. The highest BCUT2D eigenvalue weighted by Crippen LogP contribution is 2.23. The minimum Gasteiger partial charge on any atom is -0.369 e. The van der Waals surface area contributed by atoms with Crippen molar-refractivity contribution in [3.8, 4) is 0 Å². The van der Waals surface area contributed by atoms with Gasteiger partial charge >= 0.3 is 0 Å². The number of piperidine rings is 1. The third-order valence-corrected chi connectivity index (χ3v) is 6.92. The van der Waals surface area contributed by atoms with Crippen LogP contribution in [0.3, 0.4) is 0 Å². The van der Waals surface area contributed by atoms with Crippen LogP contribution in [0.25, 0.3) is 0 Å². The quantitative estimate of drug-likeness (QED) is 0.735. The van der Waals surface area contributed by atoms with E-state index < -0.39 is 0 Å². The first-order valence-electron chi connectivity index (χ1n) is 10.0. The van der Waals surface area contributed by atoms with Crippen LogP contribution in [-0.4, -0.2) is 60.9 Å². The minimum absolute atomic E-state index is 0.180. The maximum absolute atomic E-state index is 11.5. The summed E-state index contributed by atoms with van der Waals surface area (Å²) in [6.45, 7) is 9.49. The lowest BCUT2D eigenvalue weighted by molar-refractivity contribution is 0.0888. The highest BCUT2D eigenvalue weighted by Gasteiger charge is 2.28. The Kier molecular flexibility index (Phi) is 5.91. The van der Waals surface area contributed by atoms with Crippen LogP contribution in [0.5, 0.6) is 0 Å². The van der Waals surface area contributed by atoms with Crippen molar-refractivity contribution < 1.29 is 4.79 Å². The molecule has 144 valence electrons. The smallest absolute Gasteiger partial charge is 0.169 e. The van der Waals surface area contributed by atoms with E-state index >= 15 is 0 Å². The number of carbonyl (C=O) groups excluding carboxylic acids is 1. The molecule has 3 heterocycles. The van der Waals surface area contributed by atoms with E-state index in [1.807, 2.05) is 0 Å². The summed E-state index contributed by atoms with van der Waals surface area (Å²) in [5.41, 5.74) is 2.64. The molecule has 2 fully saturated rings. The van der Waals surface area contributed by atoms with Gasteiger partial charge < -0.3 is 4.90 Å². The lowest BCUT2D eigenvalue weighted by Gasteiger charge is -2.44. The number of Topliss-reactive ketones (excluding diaryl/α,β-unsaturated/α-hetero) is 1. The topological polar surface area (TPSA) is 26.8 Å². The van der Waals surface area contributed by atoms with Crippen LogP contribution in [-0.2, 0) is 6.54 Å². The van der Waals surface area contributed by atoms with Gasteiger partial charge in [-0.25, -0.2) is 0 Å². The van der Waals surface area contributed by atoms with Gasteiger partial charge in [-0.15, -0.1) is 11.3 Å². The number of thiophene rings is 1. The lowest BCUT2D eigenvalue weighted by Crippen LogP contribution is -2.55. The third kappa shape index (κ3) is 4.60. The summed E-state index contributed by atoms with van der Waals surface area (Å²) < 4.78 is 0. The number of hydrogen-bond donors (Lipinski definition) is 0. The van der Waals surface area contributed by atoms with Crippen LogP contribution >= 0.6 is 11.3 Å². The Hall–Kier alpha value is -1.69. The Morgan fingerprint density at radius 2 is 1.89 bits per heavy atom. The van der Waals surface area contributed by atoms with Crippen molar-refractivity contribution >= 4 is 22.8 Å². The molecular formula is C22H29N3OS. The maximum atomic E-state index is 11.5. The average molecular weight is 384 g/mol. The lowest BCUT2D eigenvalue weighted by atomic mass is 10.0. The molecule has 2 aliphatic heterocycles. The second kappa shape index (κ2) is 8.55. The molecule has 0 saturated carbocycles. The summed E-state index contributed by atoms with van der Waals surface area (Å²) in [7, 11) is 0. The highest BCUT2D eigenvalue weighted by atomic mass is 32.1. The SMILES string of the molecule is CC(=O)c1cc(CN2CCCC(N3CCN(c4ccccc4)CC3)C2)cs1. The standard InChI is InChI=1S/C22H29N3OS/c1-18(26)22-14-19(17-27-22)15-23-9-5-8-21(16-23)25-12-10-24(11-13-25)20-6-3-2-4-7-20/h2-4,6-7,14,17,21H,5,8-13,15-16H2,1H3. The number of ketones is 1. The Morgan fingerprint density at radius 1 is 1.11 bits per heavy atom. The zero-order valence-corrected chi connectivity index (χ0v) is 17.0. The summed E-state index contributed by atoms with van der Waals surface area (Å²) in [5.74, 6) is 0.180. The molecule has 0 radical (unpaired) electrons. The van der Waals surface area contributed by atoms with E-state index in [1.165, 1.54) is 30.6 Å². The predicted octanol–water partition coefficient (Wildman–Crippen LogP) is 3.74. The maximum Gasteiger partial charge on any atom is 0.169 e. The van der Waals surface area contributed by atoms with Crippen molar-refractivity contribution in [1.29, 1.82) is 0 Å². The molecule has 1 aromatic heterocycles. The number of rotatable bonds is 5. The zero-order valence-electron chi connectivity index (χ0n) is 16.1. The molecule has 2 saturated heterocycles. The van der Waals surface area contributed by atoms with Crippen molar-refractivity contribution in [3.05, 3.63) is 52.2 Å². The van der Waals surface area contributed by atoms with Crippen molar-refractivity contribution in [3.63, 3.8) is 0 Å². The molecule has 0 bridgehead atoms. The van der Waals surface area contributed by atoms with Crippen molar-refractivity contribution in [1.82, 2.24) is 9.80 Å². The molecule has 0 spiro atoms. The molecular weight excluding hydrogens is 354 g/mol. The monoisotopic (exact) mass is 383 g/mol. The average Bonchev–Trinajstić information content (AvgIpc) is 3.18. The number of para-hydroxylation sites is 1. The van der Waals surface area contributed by atoms with Gasteiger partial charge in [-0.2, -0.15) is 0 Å². The van der Waals surface area contributed by atoms with Gasteiger partial charge in [0, 0.05) is 51.0 Å². The van der Waals surface area contributed by atoms with Crippen LogP contribution in [0.15, 0.2) is 41.8 Å². The number of anilines is 1. The van der Waals surface area contributed by atoms with Gasteiger partial charge in [0.05, 0.1) is 4.88 Å². The normalized spacial score (nSPS) is 22.1. The highest BCUT2D eigenvalue weighted by molar-refractivity contribution is 7.12. The van der Waals surface area contributed by atoms with Gasteiger partial charge in [0.25, 0.3) is 0 Å². The molecule has 5 heteroatoms. The van der Waals surface area contributed by atoms with E-state index in [0.29, 0.717) is 6.04 Å². The second-order valence-electron chi connectivity index (χ2n) is 7.77. The van der Waals surface area contributed by atoms with Gasteiger partial charge in [-0.05, 0) is 55.5 Å². The third-order valence-electron chi connectivity index (χ3n) is 5.84. The Bertz CT molecular complexity index is 752. The minimum atomic E-state index is 0.180. The molecule has 2 aliphatic rings. The zero-order chi connectivity index (χ0) is 18.6. The van der Waals surface area contributed by atoms with E-state index in [9.17, 15) is 4.79 Å². The number of hydrogen-bond acceptors (Lipinski definition) is 5. The molecule has 0 aliphatic carbocycles. The van der Waals surface area contributed by atoms with E-state index in [0.717, 1.165) is 44.1 Å². The predicted molar refractivity (Wildman–Crippen MR) is 113 cm³/mol. The van der Waals surface area contributed by atoms with Gasteiger partial charge in [0.15, 0.2) is 5.78 Å². The van der Waals surface area contributed by atoms with Crippen molar-refractivity contribution in [2.24, 2.45) is 0 Å². The molecule has 2 aromatic rings. The summed E-state index contributed by atoms with van der Waals surface area (Å²) in [6, 6.07) is 13.5. The van der Waals surface area contributed by atoms with E-state index in [2.05, 4.69) is 56.5 Å². The fourth-order valence-corrected chi connectivity index (χ4v) is 5.16. The molecule has 4 rings (SSSR count). The van der Waals surface area contributed by atoms with Gasteiger partial charge in [0.1, 0.15) is 0 Å². The van der Waals surface area contributed by atoms with Gasteiger partial charge in [-0.1, -0.05) is 18.2 Å². The van der Waals surface area contributed by atoms with E-state index in [1.54, 1.807) is 18.3 Å². The number of piperazine rings is 1. The Labute approximate surface area is 166 Å². The molecule has 4 nitrogen and oxygen atoms in total. The molecule has 1 atom stereocenters. The fraction of sp³-hybridized carbons (Fsp3) is 0.500. The van der Waals surface area contributed by atoms with Crippen LogP contribution in [0.4, 0.5) is 5.69 Å². The molecule has 0 N–H and O–H groups in total. The van der Waals surface area contributed by atoms with Crippen molar-refractivity contribution in [2.75, 3.05) is 44.2 Å². The number of nitrogens with zero attached hydrogens (tertiary/aromatic N) is 3. The van der Waals surface area contributed by atoms with E-state index in [-0.39, 0.29) is 5.78 Å². The van der Waals surface area contributed by atoms with Crippen LogP contribution in [0.1, 0.15) is 35.0 Å². The van der Waals surface area contributed by atoms with Crippen LogP contribution in [0.2, 0.25) is 0 Å². The van der Waals surface area contributed by atoms with Crippen molar-refractivity contribution in [2.45, 2.75) is 32.4 Å². The molecule has 27 heavy (non-hydrogen) atoms. The summed E-state index contributed by atoms with van der Waals surface area (Å²) in [6.07, 6.45) is 2.58. The number of carbonyl (C=O) groups is 1. The molecule has 1 unspecified atom stereocenters.